The summed E-state index contributed by atoms with van der Waals surface area (Å²) < 4.78 is 0. The first kappa shape index (κ1) is 10.2. The summed E-state index contributed by atoms with van der Waals surface area (Å²) >= 11 is 1.97. The van der Waals surface area contributed by atoms with E-state index in [-0.39, 0.29) is 11.3 Å². The molecule has 1 aromatic rings. The van der Waals surface area contributed by atoms with Crippen molar-refractivity contribution in [2.24, 2.45) is 5.92 Å². The van der Waals surface area contributed by atoms with Gasteiger partial charge < -0.3 is 0 Å². The molecule has 2 atom stereocenters. The Bertz CT molecular complexity index is 474. The van der Waals surface area contributed by atoms with Crippen LogP contribution in [0.5, 0.6) is 0 Å². The molecule has 0 saturated heterocycles. The summed E-state index contributed by atoms with van der Waals surface area (Å²) in [6, 6.07) is 9.24. The minimum atomic E-state index is 0.145. The van der Waals surface area contributed by atoms with Gasteiger partial charge in [-0.15, -0.1) is 11.8 Å². The third-order valence-corrected chi connectivity index (χ3v) is 5.16. The molecule has 3 rings (SSSR count). The van der Waals surface area contributed by atoms with E-state index in [0.717, 1.165) is 6.42 Å². The lowest BCUT2D eigenvalue weighted by atomic mass is 9.93. The quantitative estimate of drug-likeness (QED) is 0.735. The van der Waals surface area contributed by atoms with Crippen LogP contribution in [0, 0.1) is 17.2 Å². The van der Waals surface area contributed by atoms with Crippen LogP contribution in [0.15, 0.2) is 23.1 Å². The molecule has 1 saturated carbocycles. The van der Waals surface area contributed by atoms with Crippen LogP contribution in [0.1, 0.15) is 30.9 Å². The van der Waals surface area contributed by atoms with Gasteiger partial charge in [0.1, 0.15) is 0 Å². The normalized spacial score (nSPS) is 31.6. The molecule has 2 unspecified atom stereocenters. The molecular formula is C14H15NS. The first-order valence-corrected chi connectivity index (χ1v) is 6.88. The molecule has 2 aliphatic rings. The third-order valence-electron chi connectivity index (χ3n) is 3.96. The number of fused-ring (bicyclic) bond motifs is 1. The van der Waals surface area contributed by atoms with Crippen LogP contribution in [-0.4, -0.2) is 5.75 Å². The lowest BCUT2D eigenvalue weighted by molar-refractivity contribution is 0.735. The molecule has 1 aliphatic carbocycles. The molecule has 0 bridgehead atoms. The molecular weight excluding hydrogens is 214 g/mol. The summed E-state index contributed by atoms with van der Waals surface area (Å²) in [4.78, 5) is 1.45. The molecule has 82 valence electrons. The maximum absolute atomic E-state index is 8.99. The van der Waals surface area contributed by atoms with E-state index >= 15 is 0 Å². The van der Waals surface area contributed by atoms with Crippen LogP contribution in [0.25, 0.3) is 0 Å². The Hall–Kier alpha value is -0.940. The molecule has 0 spiro atoms. The van der Waals surface area contributed by atoms with E-state index in [1.165, 1.54) is 34.6 Å². The Balaban J connectivity index is 1.96. The highest BCUT2D eigenvalue weighted by molar-refractivity contribution is 7.99. The van der Waals surface area contributed by atoms with Gasteiger partial charge in [-0.2, -0.15) is 5.26 Å². The zero-order valence-electron chi connectivity index (χ0n) is 9.49. The second kappa shape index (κ2) is 3.53. The van der Waals surface area contributed by atoms with E-state index in [2.05, 4.69) is 31.2 Å². The van der Waals surface area contributed by atoms with Crippen molar-refractivity contribution in [1.29, 1.82) is 5.26 Å². The monoisotopic (exact) mass is 229 g/mol. The molecule has 1 heterocycles. The molecule has 1 nitrogen and oxygen atoms in total. The highest BCUT2D eigenvalue weighted by Gasteiger charge is 2.51. The smallest absolute Gasteiger partial charge is 0.0665 e. The van der Waals surface area contributed by atoms with Crippen LogP contribution in [0.4, 0.5) is 0 Å². The van der Waals surface area contributed by atoms with Gasteiger partial charge in [-0.1, -0.05) is 19.1 Å². The Morgan fingerprint density at radius 3 is 3.12 bits per heavy atom. The summed E-state index contributed by atoms with van der Waals surface area (Å²) in [6.45, 7) is 2.22. The third kappa shape index (κ3) is 1.46. The Kier molecular flexibility index (Phi) is 2.26. The van der Waals surface area contributed by atoms with Gasteiger partial charge in [0, 0.05) is 10.3 Å². The van der Waals surface area contributed by atoms with Crippen molar-refractivity contribution in [1.82, 2.24) is 0 Å². The summed E-state index contributed by atoms with van der Waals surface area (Å²) in [5.41, 5.74) is 3.02. The maximum atomic E-state index is 8.99. The lowest BCUT2D eigenvalue weighted by Gasteiger charge is -2.18. The molecule has 1 aliphatic heterocycles. The lowest BCUT2D eigenvalue weighted by Crippen LogP contribution is -2.06. The van der Waals surface area contributed by atoms with Crippen LogP contribution >= 0.6 is 11.8 Å². The summed E-state index contributed by atoms with van der Waals surface area (Å²) in [5, 5.41) is 8.99. The fourth-order valence-corrected chi connectivity index (χ4v) is 3.61. The molecule has 1 aromatic carbocycles. The van der Waals surface area contributed by atoms with Crippen molar-refractivity contribution in [3.05, 3.63) is 29.3 Å². The van der Waals surface area contributed by atoms with Crippen molar-refractivity contribution in [3.8, 4) is 6.07 Å². The number of rotatable bonds is 1. The fourth-order valence-electron chi connectivity index (χ4n) is 2.59. The highest BCUT2D eigenvalue weighted by Crippen LogP contribution is 2.54. The van der Waals surface area contributed by atoms with Crippen LogP contribution in [0.2, 0.25) is 0 Å². The van der Waals surface area contributed by atoms with Gasteiger partial charge in [-0.25, -0.2) is 0 Å². The van der Waals surface area contributed by atoms with Gasteiger partial charge in [0.25, 0.3) is 0 Å². The molecule has 0 amide bonds. The number of benzene rings is 1. The van der Waals surface area contributed by atoms with E-state index in [0.29, 0.717) is 0 Å². The van der Waals surface area contributed by atoms with E-state index in [1.54, 1.807) is 0 Å². The SMILES string of the molecule is CC1(c2ccc3c(c2)CCCS3)CC1C#N. The molecule has 0 radical (unpaired) electrons. The first-order valence-electron chi connectivity index (χ1n) is 5.90. The van der Waals surface area contributed by atoms with Gasteiger partial charge in [0.2, 0.25) is 0 Å². The van der Waals surface area contributed by atoms with Crippen molar-refractivity contribution in [3.63, 3.8) is 0 Å². The summed E-state index contributed by atoms with van der Waals surface area (Å²) in [7, 11) is 0. The number of thioether (sulfide) groups is 1. The van der Waals surface area contributed by atoms with Crippen LogP contribution < -0.4 is 0 Å². The van der Waals surface area contributed by atoms with Gasteiger partial charge in [0.15, 0.2) is 0 Å². The number of nitrogens with zero attached hydrogens (tertiary/aromatic N) is 1. The molecule has 2 heteroatoms. The highest BCUT2D eigenvalue weighted by atomic mass is 32.2. The van der Waals surface area contributed by atoms with E-state index in [1.807, 2.05) is 11.8 Å². The van der Waals surface area contributed by atoms with Crippen molar-refractivity contribution < 1.29 is 0 Å². The Morgan fingerprint density at radius 2 is 2.38 bits per heavy atom. The van der Waals surface area contributed by atoms with Crippen molar-refractivity contribution in [2.75, 3.05) is 5.75 Å². The van der Waals surface area contributed by atoms with Crippen LogP contribution in [-0.2, 0) is 11.8 Å². The second-order valence-corrected chi connectivity index (χ2v) is 6.21. The fraction of sp³-hybridized carbons (Fsp3) is 0.500. The van der Waals surface area contributed by atoms with E-state index in [9.17, 15) is 0 Å². The topological polar surface area (TPSA) is 23.8 Å². The van der Waals surface area contributed by atoms with Gasteiger partial charge in [-0.05, 0) is 42.2 Å². The van der Waals surface area contributed by atoms with Crippen molar-refractivity contribution in [2.45, 2.75) is 36.5 Å². The Labute approximate surface area is 101 Å². The zero-order valence-corrected chi connectivity index (χ0v) is 10.3. The predicted molar refractivity (Wildman–Crippen MR) is 66.6 cm³/mol. The average Bonchev–Trinajstić information content (AvgIpc) is 3.01. The minimum absolute atomic E-state index is 0.145. The van der Waals surface area contributed by atoms with Gasteiger partial charge in [-0.3, -0.25) is 0 Å². The maximum Gasteiger partial charge on any atom is 0.0665 e. The second-order valence-electron chi connectivity index (χ2n) is 5.08. The number of aryl methyl sites for hydroxylation is 1. The van der Waals surface area contributed by atoms with E-state index in [4.69, 9.17) is 5.26 Å². The molecule has 0 aromatic heterocycles. The van der Waals surface area contributed by atoms with Crippen molar-refractivity contribution >= 4 is 11.8 Å². The first-order chi connectivity index (χ1) is 7.74. The minimum Gasteiger partial charge on any atom is -0.198 e. The average molecular weight is 229 g/mol. The van der Waals surface area contributed by atoms with Gasteiger partial charge >= 0.3 is 0 Å². The number of hydrogen-bond donors (Lipinski definition) is 0. The molecule has 16 heavy (non-hydrogen) atoms. The zero-order chi connectivity index (χ0) is 11.2. The standard InChI is InChI=1S/C14H15NS/c1-14(8-12(14)9-15)11-4-5-13-10(7-11)3-2-6-16-13/h4-5,7,12H,2-3,6,8H2,1H3. The predicted octanol–water partition coefficient (Wildman–Crippen LogP) is 3.53. The van der Waals surface area contributed by atoms with E-state index < -0.39 is 0 Å². The summed E-state index contributed by atoms with van der Waals surface area (Å²) in [6.07, 6.45) is 3.54. The number of nitriles is 1. The summed E-state index contributed by atoms with van der Waals surface area (Å²) in [5.74, 6) is 1.49. The Morgan fingerprint density at radius 1 is 1.50 bits per heavy atom. The van der Waals surface area contributed by atoms with Gasteiger partial charge in [0.05, 0.1) is 12.0 Å². The molecule has 0 N–H and O–H groups in total. The van der Waals surface area contributed by atoms with Crippen LogP contribution in [0.3, 0.4) is 0 Å². The largest absolute Gasteiger partial charge is 0.198 e. The molecule has 1 fully saturated rings. The number of hydrogen-bond acceptors (Lipinski definition) is 2.